The average Bonchev–Trinajstić information content (AvgIpc) is 2.57. The Hall–Kier alpha value is 0.492. The third kappa shape index (κ3) is 36.2. The molecule has 0 heterocycles. The van der Waals surface area contributed by atoms with Gasteiger partial charge in [0.25, 0.3) is 0 Å². The molecule has 0 spiro atoms. The van der Waals surface area contributed by atoms with E-state index in [1.54, 1.807) is 24.4 Å². The molecule has 0 aliphatic rings. The zero-order chi connectivity index (χ0) is 19.0. The van der Waals surface area contributed by atoms with E-state index in [9.17, 15) is 5.11 Å². The molecule has 0 aromatic heterocycles. The van der Waals surface area contributed by atoms with Gasteiger partial charge >= 0.3 is 142 Å². The van der Waals surface area contributed by atoms with Crippen molar-refractivity contribution in [2.24, 2.45) is 0 Å². The monoisotopic (exact) mass is 368 g/mol. The summed E-state index contributed by atoms with van der Waals surface area (Å²) in [7, 11) is 0. The third-order valence-corrected chi connectivity index (χ3v) is 6.16. The molecule has 0 aliphatic heterocycles. The van der Waals surface area contributed by atoms with Gasteiger partial charge in [0.05, 0.1) is 0 Å². The molecule has 0 unspecified atom stereocenters. The number of hydrogen-bond acceptors (Lipinski definition) is 1. The van der Waals surface area contributed by atoms with Gasteiger partial charge in [-0.2, -0.15) is 0 Å². The number of hydrogen-bond donors (Lipinski definition) is 0. The minimum atomic E-state index is -0.417. The van der Waals surface area contributed by atoms with E-state index in [2.05, 4.69) is 13.8 Å². The molecule has 0 aromatic rings. The van der Waals surface area contributed by atoms with Crippen LogP contribution in [-0.2, 0) is 0 Å². The predicted octanol–water partition coefficient (Wildman–Crippen LogP) is 7.56. The molecule has 0 N–H and O–H groups in total. The Morgan fingerprint density at radius 1 is 0.520 bits per heavy atom. The molecule has 1 nitrogen and oxygen atoms in total. The van der Waals surface area contributed by atoms with Crippen LogP contribution in [0.5, 0.6) is 0 Å². The third-order valence-electron chi connectivity index (χ3n) is 4.52. The second-order valence-corrected chi connectivity index (χ2v) is 9.60. The molecule has 25 heavy (non-hydrogen) atoms. The van der Waals surface area contributed by atoms with E-state index in [1.165, 1.54) is 103 Å². The van der Waals surface area contributed by atoms with Gasteiger partial charge in [-0.3, -0.25) is 0 Å². The van der Waals surface area contributed by atoms with Crippen molar-refractivity contribution in [3.63, 3.8) is 0 Å². The summed E-state index contributed by atoms with van der Waals surface area (Å²) < 4.78 is 0. The van der Waals surface area contributed by atoms with E-state index in [0.717, 1.165) is 15.2 Å². The van der Waals surface area contributed by atoms with Gasteiger partial charge in [0.1, 0.15) is 0 Å². The second-order valence-electron chi connectivity index (χ2n) is 7.86. The fourth-order valence-corrected chi connectivity index (χ4v) is 4.43. The topological polar surface area (TPSA) is 23.1 Å². The molecule has 0 radical (unpaired) electrons. The van der Waals surface area contributed by atoms with E-state index in [0.29, 0.717) is 0 Å². The van der Waals surface area contributed by atoms with Gasteiger partial charge in [-0.1, -0.05) is 13.8 Å². The molecule has 2 heteroatoms. The van der Waals surface area contributed by atoms with Crippen LogP contribution in [0.4, 0.5) is 0 Å². The van der Waals surface area contributed by atoms with Crippen molar-refractivity contribution in [3.05, 3.63) is 0 Å². The summed E-state index contributed by atoms with van der Waals surface area (Å²) in [5.41, 5.74) is 0. The van der Waals surface area contributed by atoms with E-state index in [1.807, 2.05) is 0 Å². The van der Waals surface area contributed by atoms with Crippen LogP contribution in [0.2, 0.25) is 10.6 Å². The Kier molecular flexibility index (Phi) is 29.6. The van der Waals surface area contributed by atoms with Crippen LogP contribution in [0, 0.1) is 0 Å². The van der Waals surface area contributed by atoms with Crippen molar-refractivity contribution in [3.8, 4) is 0 Å². The van der Waals surface area contributed by atoms with Gasteiger partial charge in [0, 0.05) is 0 Å². The van der Waals surface area contributed by atoms with Crippen LogP contribution in [0.25, 0.3) is 0 Å². The van der Waals surface area contributed by atoms with Gasteiger partial charge in [-0.25, -0.2) is 0 Å². The fourth-order valence-electron chi connectivity index (χ4n) is 2.99. The van der Waals surface area contributed by atoms with E-state index in [4.69, 9.17) is 0 Å². The zero-order valence-electron chi connectivity index (χ0n) is 18.3. The molecule has 0 bridgehead atoms. The maximum atomic E-state index is 9.53. The first kappa shape index (κ1) is 27.7. The van der Waals surface area contributed by atoms with E-state index >= 15 is 0 Å². The standard InChI is InChI=1S/2C10H21.C3H7O.Al/c2*1-3-5-7-9-10-8-6-4-2;1-3(2)4;/h2*1,3-10H2,2H3;3H,1-2H3;/q;;-1;+1. The second kappa shape index (κ2) is 26.7. The van der Waals surface area contributed by atoms with Crippen LogP contribution in [-0.4, -0.2) is 21.3 Å². The summed E-state index contributed by atoms with van der Waals surface area (Å²) in [6.45, 7) is 7.82. The molecule has 0 atom stereocenters. The van der Waals surface area contributed by atoms with Crippen LogP contribution in [0.1, 0.15) is 130 Å². The van der Waals surface area contributed by atoms with Crippen molar-refractivity contribution in [2.75, 3.05) is 0 Å². The summed E-state index contributed by atoms with van der Waals surface area (Å²) >= 11 is 0.786. The van der Waals surface area contributed by atoms with Crippen LogP contribution in [0.15, 0.2) is 0 Å². The van der Waals surface area contributed by atoms with Gasteiger partial charge in [0.15, 0.2) is 0 Å². The Labute approximate surface area is 167 Å². The Bertz CT molecular complexity index is 186. The van der Waals surface area contributed by atoms with Crippen molar-refractivity contribution in [1.29, 1.82) is 0 Å². The first-order valence-corrected chi connectivity index (χ1v) is 13.3. The molecule has 0 fully saturated rings. The molecule has 0 saturated carbocycles. The molecule has 0 rings (SSSR count). The summed E-state index contributed by atoms with van der Waals surface area (Å²) in [4.78, 5) is 0. The van der Waals surface area contributed by atoms with Gasteiger partial charge in [0.2, 0.25) is 0 Å². The van der Waals surface area contributed by atoms with Crippen molar-refractivity contribution < 1.29 is 5.11 Å². The number of unbranched alkanes of at least 4 members (excludes halogenated alkanes) is 14. The van der Waals surface area contributed by atoms with Crippen molar-refractivity contribution >= 4 is 15.2 Å². The average molecular weight is 369 g/mol. The molecular weight excluding hydrogens is 319 g/mol. The SMILES string of the molecule is CC(C)[O-].CCCCCCCCC[CH2][Al+][CH2]CCCCCCCCC. The molecule has 0 aromatic carbocycles. The van der Waals surface area contributed by atoms with E-state index < -0.39 is 6.10 Å². The summed E-state index contributed by atoms with van der Waals surface area (Å²) in [5.74, 6) is 0. The van der Waals surface area contributed by atoms with Crippen molar-refractivity contribution in [1.82, 2.24) is 0 Å². The van der Waals surface area contributed by atoms with Crippen LogP contribution >= 0.6 is 0 Å². The quantitative estimate of drug-likeness (QED) is 0.181. The van der Waals surface area contributed by atoms with Crippen LogP contribution < -0.4 is 5.11 Å². The predicted molar refractivity (Wildman–Crippen MR) is 116 cm³/mol. The first-order chi connectivity index (χ1) is 12.1. The Balaban J connectivity index is 0. The minimum absolute atomic E-state index is 0.417. The van der Waals surface area contributed by atoms with Crippen molar-refractivity contribution in [2.45, 2.75) is 147 Å². The van der Waals surface area contributed by atoms with E-state index in [-0.39, 0.29) is 0 Å². The Morgan fingerprint density at radius 3 is 1.04 bits per heavy atom. The van der Waals surface area contributed by atoms with Gasteiger partial charge < -0.3 is 5.11 Å². The Morgan fingerprint density at radius 2 is 0.760 bits per heavy atom. The molecule has 150 valence electrons. The zero-order valence-corrected chi connectivity index (χ0v) is 19.4. The van der Waals surface area contributed by atoms with Gasteiger partial charge in [-0.05, 0) is 0 Å². The van der Waals surface area contributed by atoms with Gasteiger partial charge in [-0.15, -0.1) is 6.10 Å². The number of rotatable bonds is 18. The summed E-state index contributed by atoms with van der Waals surface area (Å²) in [6.07, 6.45) is 23.2. The normalized spacial score (nSPS) is 10.5. The first-order valence-electron chi connectivity index (χ1n) is 11.6. The molecule has 0 amide bonds. The summed E-state index contributed by atoms with van der Waals surface area (Å²) in [5, 5.41) is 12.7. The molecule has 0 aliphatic carbocycles. The molecular formula is C23H49AlO. The molecule has 0 saturated heterocycles. The summed E-state index contributed by atoms with van der Waals surface area (Å²) in [6, 6.07) is 0. The van der Waals surface area contributed by atoms with Crippen LogP contribution in [0.3, 0.4) is 0 Å². The fraction of sp³-hybridized carbons (Fsp3) is 1.00. The maximum absolute atomic E-state index is 9.53.